The van der Waals surface area contributed by atoms with Crippen LogP contribution in [0.3, 0.4) is 0 Å². The van der Waals surface area contributed by atoms with Gasteiger partial charge in [-0.3, -0.25) is 9.78 Å². The van der Waals surface area contributed by atoms with Gasteiger partial charge in [0.1, 0.15) is 11.5 Å². The highest BCUT2D eigenvalue weighted by atomic mass is 19.1. The lowest BCUT2D eigenvalue weighted by atomic mass is 10.2. The minimum Gasteiger partial charge on any atom is -0.382 e. The molecule has 1 saturated heterocycles. The van der Waals surface area contributed by atoms with Crippen LogP contribution >= 0.6 is 0 Å². The summed E-state index contributed by atoms with van der Waals surface area (Å²) in [5, 5.41) is 3.37. The minimum atomic E-state index is -0.237. The summed E-state index contributed by atoms with van der Waals surface area (Å²) in [6.07, 6.45) is 2.68. The Hall–Kier alpha value is -2.63. The van der Waals surface area contributed by atoms with Crippen LogP contribution in [0, 0.1) is 5.82 Å². The molecule has 1 amide bonds. The van der Waals surface area contributed by atoms with Crippen LogP contribution in [0.15, 0.2) is 42.6 Å². The molecule has 0 radical (unpaired) electrons. The quantitative estimate of drug-likeness (QED) is 0.892. The van der Waals surface area contributed by atoms with Gasteiger partial charge in [-0.1, -0.05) is 6.92 Å². The Morgan fingerprint density at radius 1 is 1.19 bits per heavy atom. The SMILES string of the molecule is CCC(C)Nc1ccnc(C(=O)N2CCN(c3ccc(F)cc3)CC2)c1. The number of carbonyl (C=O) groups is 1. The second-order valence-electron chi connectivity index (χ2n) is 6.64. The summed E-state index contributed by atoms with van der Waals surface area (Å²) >= 11 is 0. The molecule has 1 atom stereocenters. The summed E-state index contributed by atoms with van der Waals surface area (Å²) in [7, 11) is 0. The number of hydrogen-bond acceptors (Lipinski definition) is 4. The third kappa shape index (κ3) is 4.31. The first-order chi connectivity index (χ1) is 12.6. The van der Waals surface area contributed by atoms with Crippen molar-refractivity contribution < 1.29 is 9.18 Å². The molecule has 1 aromatic heterocycles. The molecular formula is C20H25FN4O. The van der Waals surface area contributed by atoms with E-state index >= 15 is 0 Å². The molecule has 0 spiro atoms. The summed E-state index contributed by atoms with van der Waals surface area (Å²) in [4.78, 5) is 21.0. The minimum absolute atomic E-state index is 0.0449. The third-order valence-electron chi connectivity index (χ3n) is 4.76. The zero-order chi connectivity index (χ0) is 18.5. The highest BCUT2D eigenvalue weighted by molar-refractivity contribution is 5.93. The van der Waals surface area contributed by atoms with Crippen LogP contribution in [0.2, 0.25) is 0 Å². The average Bonchev–Trinajstić information content (AvgIpc) is 2.68. The molecule has 3 rings (SSSR count). The number of nitrogens with zero attached hydrogens (tertiary/aromatic N) is 3. The molecule has 2 heterocycles. The number of piperazine rings is 1. The molecule has 138 valence electrons. The van der Waals surface area contributed by atoms with Crippen LogP contribution in [-0.2, 0) is 0 Å². The van der Waals surface area contributed by atoms with Gasteiger partial charge in [-0.15, -0.1) is 0 Å². The van der Waals surface area contributed by atoms with E-state index < -0.39 is 0 Å². The largest absolute Gasteiger partial charge is 0.382 e. The van der Waals surface area contributed by atoms with Gasteiger partial charge < -0.3 is 15.1 Å². The number of halogens is 1. The number of hydrogen-bond donors (Lipinski definition) is 1. The number of anilines is 2. The maximum atomic E-state index is 13.1. The second kappa shape index (κ2) is 8.17. The normalized spacial score (nSPS) is 15.7. The maximum Gasteiger partial charge on any atom is 0.272 e. The lowest BCUT2D eigenvalue weighted by Crippen LogP contribution is -2.49. The molecule has 6 heteroatoms. The Morgan fingerprint density at radius 3 is 2.54 bits per heavy atom. The molecule has 1 aliphatic rings. The monoisotopic (exact) mass is 356 g/mol. The van der Waals surface area contributed by atoms with Gasteiger partial charge >= 0.3 is 0 Å². The number of pyridine rings is 1. The summed E-state index contributed by atoms with van der Waals surface area (Å²) in [5.41, 5.74) is 2.37. The van der Waals surface area contributed by atoms with Gasteiger partial charge in [0.15, 0.2) is 0 Å². The first kappa shape index (κ1) is 18.2. The fourth-order valence-electron chi connectivity index (χ4n) is 3.01. The van der Waals surface area contributed by atoms with E-state index in [1.807, 2.05) is 17.0 Å². The summed E-state index contributed by atoms with van der Waals surface area (Å²) in [5.74, 6) is -0.281. The fraction of sp³-hybridized carbons (Fsp3) is 0.400. The lowest BCUT2D eigenvalue weighted by Gasteiger charge is -2.36. The van der Waals surface area contributed by atoms with E-state index in [0.717, 1.165) is 30.9 Å². The topological polar surface area (TPSA) is 48.5 Å². The second-order valence-corrected chi connectivity index (χ2v) is 6.64. The average molecular weight is 356 g/mol. The number of carbonyl (C=O) groups excluding carboxylic acids is 1. The first-order valence-electron chi connectivity index (χ1n) is 9.09. The molecular weight excluding hydrogens is 331 g/mol. The molecule has 2 aromatic rings. The standard InChI is InChI=1S/C20H25FN4O/c1-3-15(2)23-17-8-9-22-19(14-17)20(26)25-12-10-24(11-13-25)18-6-4-16(21)5-7-18/h4-9,14-15H,3,10-13H2,1-2H3,(H,22,23). The van der Waals surface area contributed by atoms with E-state index in [4.69, 9.17) is 0 Å². The third-order valence-corrected chi connectivity index (χ3v) is 4.76. The Kier molecular flexibility index (Phi) is 5.71. The van der Waals surface area contributed by atoms with E-state index in [2.05, 4.69) is 29.0 Å². The molecule has 0 saturated carbocycles. The van der Waals surface area contributed by atoms with Crippen molar-refractivity contribution in [1.82, 2.24) is 9.88 Å². The van der Waals surface area contributed by atoms with Gasteiger partial charge in [0.25, 0.3) is 5.91 Å². The molecule has 5 nitrogen and oxygen atoms in total. The van der Waals surface area contributed by atoms with Crippen LogP contribution in [0.25, 0.3) is 0 Å². The van der Waals surface area contributed by atoms with E-state index in [-0.39, 0.29) is 11.7 Å². The van der Waals surface area contributed by atoms with Gasteiger partial charge in [-0.05, 0) is 49.7 Å². The number of nitrogens with one attached hydrogen (secondary N) is 1. The molecule has 26 heavy (non-hydrogen) atoms. The van der Waals surface area contributed by atoms with Gasteiger partial charge in [0.2, 0.25) is 0 Å². The molecule has 0 aliphatic carbocycles. The molecule has 0 bridgehead atoms. The van der Waals surface area contributed by atoms with Gasteiger partial charge in [-0.2, -0.15) is 0 Å². The molecule has 1 N–H and O–H groups in total. The first-order valence-corrected chi connectivity index (χ1v) is 9.09. The van der Waals surface area contributed by atoms with E-state index in [1.165, 1.54) is 12.1 Å². The van der Waals surface area contributed by atoms with Crippen LogP contribution in [0.4, 0.5) is 15.8 Å². The van der Waals surface area contributed by atoms with Crippen molar-refractivity contribution in [2.45, 2.75) is 26.3 Å². The van der Waals surface area contributed by atoms with Crippen molar-refractivity contribution in [3.63, 3.8) is 0 Å². The summed E-state index contributed by atoms with van der Waals surface area (Å²) < 4.78 is 13.1. The number of rotatable bonds is 5. The van der Waals surface area contributed by atoms with Crippen LogP contribution in [-0.4, -0.2) is 48.0 Å². The predicted molar refractivity (Wildman–Crippen MR) is 102 cm³/mol. The zero-order valence-corrected chi connectivity index (χ0v) is 15.3. The highest BCUT2D eigenvalue weighted by Gasteiger charge is 2.23. The lowest BCUT2D eigenvalue weighted by molar-refractivity contribution is 0.0741. The van der Waals surface area contributed by atoms with Gasteiger partial charge in [-0.25, -0.2) is 4.39 Å². The summed E-state index contributed by atoms with van der Waals surface area (Å²) in [6, 6.07) is 10.5. The predicted octanol–water partition coefficient (Wildman–Crippen LogP) is 3.39. The Balaban J connectivity index is 1.61. The molecule has 1 fully saturated rings. The van der Waals surface area contributed by atoms with E-state index in [9.17, 15) is 9.18 Å². The van der Waals surface area contributed by atoms with Gasteiger partial charge in [0, 0.05) is 49.8 Å². The van der Waals surface area contributed by atoms with Crippen molar-refractivity contribution in [1.29, 1.82) is 0 Å². The van der Waals surface area contributed by atoms with Crippen LogP contribution in [0.1, 0.15) is 30.8 Å². The van der Waals surface area contributed by atoms with Crippen molar-refractivity contribution in [3.8, 4) is 0 Å². The number of amides is 1. The number of benzene rings is 1. The Morgan fingerprint density at radius 2 is 1.88 bits per heavy atom. The molecule has 1 unspecified atom stereocenters. The van der Waals surface area contributed by atoms with Crippen molar-refractivity contribution >= 4 is 17.3 Å². The highest BCUT2D eigenvalue weighted by Crippen LogP contribution is 2.18. The summed E-state index contributed by atoms with van der Waals surface area (Å²) in [6.45, 7) is 6.92. The van der Waals surface area contributed by atoms with Crippen molar-refractivity contribution in [2.75, 3.05) is 36.4 Å². The number of aromatic nitrogens is 1. The van der Waals surface area contributed by atoms with Crippen molar-refractivity contribution in [2.24, 2.45) is 0 Å². The Labute approximate surface area is 153 Å². The fourth-order valence-corrected chi connectivity index (χ4v) is 3.01. The molecule has 1 aliphatic heterocycles. The smallest absolute Gasteiger partial charge is 0.272 e. The van der Waals surface area contributed by atoms with Crippen LogP contribution in [0.5, 0.6) is 0 Å². The van der Waals surface area contributed by atoms with Gasteiger partial charge in [0.05, 0.1) is 0 Å². The Bertz CT molecular complexity index is 742. The molecule has 1 aromatic carbocycles. The zero-order valence-electron chi connectivity index (χ0n) is 15.3. The van der Waals surface area contributed by atoms with E-state index in [0.29, 0.717) is 24.8 Å². The van der Waals surface area contributed by atoms with Crippen molar-refractivity contribution in [3.05, 3.63) is 54.1 Å². The maximum absolute atomic E-state index is 13.1. The van der Waals surface area contributed by atoms with Crippen LogP contribution < -0.4 is 10.2 Å². The van der Waals surface area contributed by atoms with E-state index in [1.54, 1.807) is 18.3 Å².